The van der Waals surface area contributed by atoms with E-state index >= 15 is 0 Å². The Labute approximate surface area is 60.3 Å². The summed E-state index contributed by atoms with van der Waals surface area (Å²) in [5.74, 6) is -0.157. The molecule has 3 nitrogen and oxygen atoms in total. The maximum absolute atomic E-state index is 10.2. The predicted octanol–water partition coefficient (Wildman–Crippen LogP) is 1.40. The molecule has 58 valence electrons. The largest absolute Gasteiger partial charge is 0.513 e. The lowest BCUT2D eigenvalue weighted by molar-refractivity contribution is -0.141. The summed E-state index contributed by atoms with van der Waals surface area (Å²) in [4.78, 5) is 10.2. The van der Waals surface area contributed by atoms with Crippen LogP contribution in [-0.4, -0.2) is 17.7 Å². The summed E-state index contributed by atoms with van der Waals surface area (Å²) in [5.41, 5.74) is 0. The number of rotatable bonds is 4. The van der Waals surface area contributed by atoms with E-state index in [9.17, 15) is 4.79 Å². The smallest absolute Gasteiger partial charge is 0.302 e. The summed E-state index contributed by atoms with van der Waals surface area (Å²) in [6.45, 7) is 5.00. The highest BCUT2D eigenvalue weighted by molar-refractivity contribution is 5.65. The van der Waals surface area contributed by atoms with Gasteiger partial charge in [0, 0.05) is 13.3 Å². The van der Waals surface area contributed by atoms with Gasteiger partial charge < -0.3 is 9.84 Å². The predicted molar refractivity (Wildman–Crippen MR) is 37.6 cm³/mol. The minimum absolute atomic E-state index is 0.132. The minimum atomic E-state index is -0.288. The number of ether oxygens (including phenoxy) is 1. The van der Waals surface area contributed by atoms with Crippen molar-refractivity contribution < 1.29 is 14.6 Å². The van der Waals surface area contributed by atoms with E-state index in [2.05, 4.69) is 11.3 Å². The van der Waals surface area contributed by atoms with Gasteiger partial charge in [-0.3, -0.25) is 4.79 Å². The molecule has 0 aliphatic carbocycles. The molecule has 0 aliphatic rings. The summed E-state index contributed by atoms with van der Waals surface area (Å²) >= 11 is 0. The molecule has 0 radical (unpaired) electrons. The van der Waals surface area contributed by atoms with Crippen molar-refractivity contribution in [1.29, 1.82) is 0 Å². The zero-order valence-electron chi connectivity index (χ0n) is 6.09. The average Bonchev–Trinajstić information content (AvgIpc) is 1.79. The number of hydrogen-bond donors (Lipinski definition) is 1. The quantitative estimate of drug-likeness (QED) is 0.368. The van der Waals surface area contributed by atoms with Crippen LogP contribution in [0.5, 0.6) is 0 Å². The first-order chi connectivity index (χ1) is 4.63. The molecule has 0 unspecified atom stereocenters. The van der Waals surface area contributed by atoms with Crippen molar-refractivity contribution in [3.05, 3.63) is 12.3 Å². The number of carbonyl (C=O) groups is 1. The summed E-state index contributed by atoms with van der Waals surface area (Å²) in [7, 11) is 0. The third-order valence-corrected chi connectivity index (χ3v) is 0.915. The van der Waals surface area contributed by atoms with Crippen molar-refractivity contribution in [3.8, 4) is 0 Å². The third-order valence-electron chi connectivity index (χ3n) is 0.915. The normalized spacial score (nSPS) is 8.90. The Morgan fingerprint density at radius 3 is 2.70 bits per heavy atom. The van der Waals surface area contributed by atoms with Gasteiger partial charge in [-0.05, 0) is 6.42 Å². The molecule has 1 N–H and O–H groups in total. The molecule has 0 fully saturated rings. The van der Waals surface area contributed by atoms with Crippen molar-refractivity contribution in [2.45, 2.75) is 19.8 Å². The van der Waals surface area contributed by atoms with Crippen LogP contribution in [0.1, 0.15) is 19.8 Å². The Morgan fingerprint density at radius 2 is 2.30 bits per heavy atom. The second kappa shape index (κ2) is 4.85. The molecule has 0 bridgehead atoms. The molecule has 0 spiro atoms. The highest BCUT2D eigenvalue weighted by Gasteiger charge is 1.93. The van der Waals surface area contributed by atoms with E-state index in [4.69, 9.17) is 5.11 Å². The summed E-state index contributed by atoms with van der Waals surface area (Å²) in [6, 6.07) is 0. The van der Waals surface area contributed by atoms with Crippen LogP contribution in [0.4, 0.5) is 0 Å². The number of aliphatic hydroxyl groups excluding tert-OH is 1. The lowest BCUT2D eigenvalue weighted by atomic mass is 10.3. The highest BCUT2D eigenvalue weighted by Crippen LogP contribution is 1.97. The van der Waals surface area contributed by atoms with Gasteiger partial charge in [-0.2, -0.15) is 0 Å². The van der Waals surface area contributed by atoms with Gasteiger partial charge in [-0.25, -0.2) is 0 Å². The van der Waals surface area contributed by atoms with E-state index in [1.807, 2.05) is 0 Å². The lowest BCUT2D eigenvalue weighted by Gasteiger charge is -1.99. The number of esters is 1. The fourth-order valence-corrected chi connectivity index (χ4v) is 0.492. The summed E-state index contributed by atoms with van der Waals surface area (Å²) in [6.07, 6.45) is 1.13. The fourth-order valence-electron chi connectivity index (χ4n) is 0.492. The Bertz CT molecular complexity index is 113. The van der Waals surface area contributed by atoms with Crippen LogP contribution in [0, 0.1) is 0 Å². The van der Waals surface area contributed by atoms with E-state index in [1.54, 1.807) is 0 Å². The second-order valence-electron chi connectivity index (χ2n) is 2.01. The average molecular weight is 144 g/mol. The van der Waals surface area contributed by atoms with E-state index in [1.165, 1.54) is 6.92 Å². The first kappa shape index (κ1) is 9.01. The third kappa shape index (κ3) is 7.01. The van der Waals surface area contributed by atoms with Gasteiger partial charge >= 0.3 is 5.97 Å². The first-order valence-electron chi connectivity index (χ1n) is 3.13. The van der Waals surface area contributed by atoms with Crippen LogP contribution < -0.4 is 0 Å². The molecule has 10 heavy (non-hydrogen) atoms. The van der Waals surface area contributed by atoms with Gasteiger partial charge in [0.2, 0.25) is 0 Å². The van der Waals surface area contributed by atoms with Crippen LogP contribution in [0.25, 0.3) is 0 Å². The van der Waals surface area contributed by atoms with Crippen molar-refractivity contribution in [3.63, 3.8) is 0 Å². The van der Waals surface area contributed by atoms with Crippen LogP contribution in [0.2, 0.25) is 0 Å². The Morgan fingerprint density at radius 1 is 1.70 bits per heavy atom. The topological polar surface area (TPSA) is 46.5 Å². The number of carbonyl (C=O) groups excluding carboxylic acids is 1. The van der Waals surface area contributed by atoms with E-state index < -0.39 is 0 Å². The van der Waals surface area contributed by atoms with Gasteiger partial charge in [-0.15, -0.1) is 0 Å². The molecule has 0 aromatic rings. The fraction of sp³-hybridized carbons (Fsp3) is 0.571. The number of aliphatic hydroxyl groups is 1. The van der Waals surface area contributed by atoms with Crippen LogP contribution in [-0.2, 0) is 9.53 Å². The minimum Gasteiger partial charge on any atom is -0.513 e. The van der Waals surface area contributed by atoms with E-state index in [0.29, 0.717) is 19.4 Å². The standard InChI is InChI=1S/C7H12O3/c1-6(8)4-3-5-10-7(2)9/h8H,1,3-5H2,2H3. The summed E-state index contributed by atoms with van der Waals surface area (Å²) in [5, 5.41) is 8.58. The van der Waals surface area contributed by atoms with Crippen LogP contribution in [0.15, 0.2) is 12.3 Å². The van der Waals surface area contributed by atoms with Gasteiger partial charge in [-0.1, -0.05) is 6.58 Å². The second-order valence-corrected chi connectivity index (χ2v) is 2.01. The molecule has 0 aromatic heterocycles. The van der Waals surface area contributed by atoms with Crippen molar-refractivity contribution >= 4 is 5.97 Å². The van der Waals surface area contributed by atoms with E-state index in [0.717, 1.165) is 0 Å². The van der Waals surface area contributed by atoms with Gasteiger partial charge in [0.05, 0.1) is 12.4 Å². The zero-order chi connectivity index (χ0) is 7.98. The molecule has 0 saturated heterocycles. The molecule has 0 aliphatic heterocycles. The zero-order valence-corrected chi connectivity index (χ0v) is 6.09. The molecule has 0 aromatic carbocycles. The van der Waals surface area contributed by atoms with E-state index in [-0.39, 0.29) is 11.7 Å². The number of allylic oxidation sites excluding steroid dienone is 1. The number of hydrogen-bond acceptors (Lipinski definition) is 3. The van der Waals surface area contributed by atoms with Gasteiger partial charge in [0.25, 0.3) is 0 Å². The Balaban J connectivity index is 3.06. The van der Waals surface area contributed by atoms with Gasteiger partial charge in [0.15, 0.2) is 0 Å². The lowest BCUT2D eigenvalue weighted by Crippen LogP contribution is -2.00. The molecular formula is C7H12O3. The molecule has 0 saturated carbocycles. The first-order valence-corrected chi connectivity index (χ1v) is 3.13. The van der Waals surface area contributed by atoms with Gasteiger partial charge in [0.1, 0.15) is 0 Å². The maximum atomic E-state index is 10.2. The Hall–Kier alpha value is -0.990. The van der Waals surface area contributed by atoms with Crippen LogP contribution in [0.3, 0.4) is 0 Å². The molecule has 3 heteroatoms. The summed E-state index contributed by atoms with van der Waals surface area (Å²) < 4.78 is 4.60. The van der Waals surface area contributed by atoms with Crippen LogP contribution >= 0.6 is 0 Å². The molecule has 0 rings (SSSR count). The molecule has 0 atom stereocenters. The molecule has 0 heterocycles. The van der Waals surface area contributed by atoms with Crippen molar-refractivity contribution in [2.75, 3.05) is 6.61 Å². The molecular weight excluding hydrogens is 132 g/mol. The van der Waals surface area contributed by atoms with Crippen molar-refractivity contribution in [2.24, 2.45) is 0 Å². The van der Waals surface area contributed by atoms with Crippen molar-refractivity contribution in [1.82, 2.24) is 0 Å². The highest BCUT2D eigenvalue weighted by atomic mass is 16.5. The monoisotopic (exact) mass is 144 g/mol. The maximum Gasteiger partial charge on any atom is 0.302 e. The Kier molecular flexibility index (Phi) is 4.37. The SMILES string of the molecule is C=C(O)CCCOC(C)=O. The molecule has 0 amide bonds.